The van der Waals surface area contributed by atoms with Crippen molar-refractivity contribution in [2.45, 2.75) is 26.8 Å². The summed E-state index contributed by atoms with van der Waals surface area (Å²) in [5.41, 5.74) is 1.92. The average Bonchev–Trinajstić information content (AvgIpc) is 2.64. The Labute approximate surface area is 179 Å². The standard InChI is InChI=1S/C19H32N4O3.HI/c1-15(2)18(24)23-17-8-6-16(7-9-17)14-22-19(20-3)21-10-5-11-26-13-12-25-4;/h6-9,15H,5,10-14H2,1-4H3,(H,23,24)(H2,20,21,22);1H. The van der Waals surface area contributed by atoms with Crippen LogP contribution in [0.5, 0.6) is 0 Å². The molecule has 7 nitrogen and oxygen atoms in total. The minimum atomic E-state index is -0.0314. The first-order chi connectivity index (χ1) is 12.6. The topological polar surface area (TPSA) is 84.0 Å². The lowest BCUT2D eigenvalue weighted by atomic mass is 10.1. The van der Waals surface area contributed by atoms with Gasteiger partial charge in [-0.3, -0.25) is 9.79 Å². The molecule has 1 rings (SSSR count). The number of anilines is 1. The number of guanidine groups is 1. The number of halogens is 1. The number of nitrogens with zero attached hydrogens (tertiary/aromatic N) is 1. The number of carbonyl (C=O) groups excluding carboxylic acids is 1. The van der Waals surface area contributed by atoms with Crippen molar-refractivity contribution < 1.29 is 14.3 Å². The molecule has 1 amide bonds. The van der Waals surface area contributed by atoms with Crippen LogP contribution in [-0.2, 0) is 20.8 Å². The molecule has 8 heteroatoms. The molecule has 0 radical (unpaired) electrons. The molecule has 0 unspecified atom stereocenters. The van der Waals surface area contributed by atoms with Crippen LogP contribution in [-0.4, -0.2) is 52.4 Å². The smallest absolute Gasteiger partial charge is 0.226 e. The van der Waals surface area contributed by atoms with Gasteiger partial charge in [-0.25, -0.2) is 0 Å². The van der Waals surface area contributed by atoms with E-state index in [0.29, 0.717) is 26.4 Å². The van der Waals surface area contributed by atoms with E-state index < -0.39 is 0 Å². The predicted molar refractivity (Wildman–Crippen MR) is 121 cm³/mol. The Morgan fingerprint density at radius 3 is 2.41 bits per heavy atom. The zero-order chi connectivity index (χ0) is 19.2. The van der Waals surface area contributed by atoms with E-state index in [4.69, 9.17) is 9.47 Å². The van der Waals surface area contributed by atoms with Gasteiger partial charge in [0.25, 0.3) is 0 Å². The van der Waals surface area contributed by atoms with E-state index >= 15 is 0 Å². The van der Waals surface area contributed by atoms with Gasteiger partial charge in [-0.2, -0.15) is 0 Å². The molecule has 0 fully saturated rings. The summed E-state index contributed by atoms with van der Waals surface area (Å²) in [7, 11) is 3.41. The highest BCUT2D eigenvalue weighted by atomic mass is 127. The Bertz CT molecular complexity index is 550. The summed E-state index contributed by atoms with van der Waals surface area (Å²) in [5.74, 6) is 0.738. The molecule has 3 N–H and O–H groups in total. The Balaban J connectivity index is 0.00000676. The van der Waals surface area contributed by atoms with Crippen LogP contribution in [0.4, 0.5) is 5.69 Å². The molecule has 0 heterocycles. The van der Waals surface area contributed by atoms with Crippen LogP contribution in [0.15, 0.2) is 29.3 Å². The van der Waals surface area contributed by atoms with Gasteiger partial charge in [-0.1, -0.05) is 26.0 Å². The van der Waals surface area contributed by atoms with Gasteiger partial charge in [0.05, 0.1) is 13.2 Å². The first kappa shape index (κ1) is 25.6. The molecule has 154 valence electrons. The Kier molecular flexibility index (Phi) is 14.8. The second-order valence-corrected chi connectivity index (χ2v) is 6.15. The number of hydrogen-bond donors (Lipinski definition) is 3. The molecule has 0 atom stereocenters. The van der Waals surface area contributed by atoms with E-state index in [9.17, 15) is 4.79 Å². The number of hydrogen-bond acceptors (Lipinski definition) is 4. The second kappa shape index (κ2) is 15.6. The zero-order valence-electron chi connectivity index (χ0n) is 16.7. The minimum absolute atomic E-state index is 0. The number of nitrogens with one attached hydrogen (secondary N) is 3. The molecule has 0 bridgehead atoms. The molecule has 0 aliphatic heterocycles. The van der Waals surface area contributed by atoms with E-state index in [1.54, 1.807) is 14.2 Å². The number of amides is 1. The molecule has 1 aromatic rings. The van der Waals surface area contributed by atoms with Crippen LogP contribution < -0.4 is 16.0 Å². The van der Waals surface area contributed by atoms with Crippen molar-refractivity contribution in [2.75, 3.05) is 45.8 Å². The van der Waals surface area contributed by atoms with Crippen LogP contribution in [0, 0.1) is 5.92 Å². The highest BCUT2D eigenvalue weighted by Crippen LogP contribution is 2.10. The van der Waals surface area contributed by atoms with E-state index in [1.807, 2.05) is 38.1 Å². The van der Waals surface area contributed by atoms with Gasteiger partial charge in [0, 0.05) is 45.5 Å². The fourth-order valence-electron chi connectivity index (χ4n) is 2.02. The minimum Gasteiger partial charge on any atom is -0.382 e. The first-order valence-electron chi connectivity index (χ1n) is 8.97. The van der Waals surface area contributed by atoms with Gasteiger partial charge in [-0.05, 0) is 24.1 Å². The maximum Gasteiger partial charge on any atom is 0.226 e. The summed E-state index contributed by atoms with van der Waals surface area (Å²) >= 11 is 0. The van der Waals surface area contributed by atoms with Crippen molar-refractivity contribution in [2.24, 2.45) is 10.9 Å². The molecule has 27 heavy (non-hydrogen) atoms. The molecule has 0 saturated carbocycles. The molecule has 1 aromatic carbocycles. The normalized spacial score (nSPS) is 11.1. The predicted octanol–water partition coefficient (Wildman–Crippen LogP) is 2.62. The van der Waals surface area contributed by atoms with Gasteiger partial charge in [0.1, 0.15) is 0 Å². The van der Waals surface area contributed by atoms with Gasteiger partial charge in [-0.15, -0.1) is 24.0 Å². The van der Waals surface area contributed by atoms with Crippen LogP contribution in [0.1, 0.15) is 25.8 Å². The third kappa shape index (κ3) is 11.8. The maximum atomic E-state index is 11.7. The Morgan fingerprint density at radius 1 is 1.11 bits per heavy atom. The van der Waals surface area contributed by atoms with Crippen molar-refractivity contribution in [3.05, 3.63) is 29.8 Å². The van der Waals surface area contributed by atoms with Crippen molar-refractivity contribution in [1.82, 2.24) is 10.6 Å². The molecule has 0 aliphatic carbocycles. The summed E-state index contributed by atoms with van der Waals surface area (Å²) in [6.07, 6.45) is 0.897. The van der Waals surface area contributed by atoms with E-state index in [0.717, 1.165) is 30.2 Å². The maximum absolute atomic E-state index is 11.7. The molecule has 0 saturated heterocycles. The van der Waals surface area contributed by atoms with Gasteiger partial charge >= 0.3 is 0 Å². The van der Waals surface area contributed by atoms with Crippen molar-refractivity contribution in [3.63, 3.8) is 0 Å². The molecule has 0 aromatic heterocycles. The summed E-state index contributed by atoms with van der Waals surface area (Å²) in [4.78, 5) is 15.9. The quantitative estimate of drug-likeness (QED) is 0.192. The highest BCUT2D eigenvalue weighted by Gasteiger charge is 2.06. The van der Waals surface area contributed by atoms with Crippen molar-refractivity contribution >= 4 is 41.5 Å². The number of aliphatic imine (C=N–C) groups is 1. The Hall–Kier alpha value is -1.39. The number of rotatable bonds is 11. The lowest BCUT2D eigenvalue weighted by Gasteiger charge is -2.13. The SMILES string of the molecule is CN=C(NCCCOCCOC)NCc1ccc(NC(=O)C(C)C)cc1.I. The van der Waals surface area contributed by atoms with E-state index in [2.05, 4.69) is 20.9 Å². The fraction of sp³-hybridized carbons (Fsp3) is 0.579. The van der Waals surface area contributed by atoms with Crippen molar-refractivity contribution in [3.8, 4) is 0 Å². The summed E-state index contributed by atoms with van der Waals surface area (Å²) < 4.78 is 10.3. The van der Waals surface area contributed by atoms with Crippen LogP contribution in [0.2, 0.25) is 0 Å². The van der Waals surface area contributed by atoms with Gasteiger partial charge in [0.15, 0.2) is 5.96 Å². The molecule has 0 aliphatic rings. The van der Waals surface area contributed by atoms with Gasteiger partial charge < -0.3 is 25.4 Å². The van der Waals surface area contributed by atoms with Crippen LogP contribution in [0.3, 0.4) is 0 Å². The van der Waals surface area contributed by atoms with Crippen LogP contribution in [0.25, 0.3) is 0 Å². The lowest BCUT2D eigenvalue weighted by molar-refractivity contribution is -0.118. The van der Waals surface area contributed by atoms with Crippen LogP contribution >= 0.6 is 24.0 Å². The zero-order valence-corrected chi connectivity index (χ0v) is 19.0. The third-order valence-corrected chi connectivity index (χ3v) is 3.62. The Morgan fingerprint density at radius 2 is 1.81 bits per heavy atom. The molecule has 0 spiro atoms. The number of methoxy groups -OCH3 is 1. The summed E-state index contributed by atoms with van der Waals surface area (Å²) in [6, 6.07) is 7.79. The van der Waals surface area contributed by atoms with Crippen molar-refractivity contribution in [1.29, 1.82) is 0 Å². The summed E-state index contributed by atoms with van der Waals surface area (Å²) in [6.45, 7) is 7.12. The van der Waals surface area contributed by atoms with E-state index in [1.165, 1.54) is 0 Å². The molecular weight excluding hydrogens is 459 g/mol. The number of benzene rings is 1. The summed E-state index contributed by atoms with van der Waals surface area (Å²) in [5, 5.41) is 9.40. The lowest BCUT2D eigenvalue weighted by Crippen LogP contribution is -2.37. The largest absolute Gasteiger partial charge is 0.382 e. The third-order valence-electron chi connectivity index (χ3n) is 3.62. The molecular formula is C19H33IN4O3. The average molecular weight is 492 g/mol. The monoisotopic (exact) mass is 492 g/mol. The first-order valence-corrected chi connectivity index (χ1v) is 8.97. The number of carbonyl (C=O) groups is 1. The number of ether oxygens (including phenoxy) is 2. The highest BCUT2D eigenvalue weighted by molar-refractivity contribution is 14.0. The van der Waals surface area contributed by atoms with Gasteiger partial charge in [0.2, 0.25) is 5.91 Å². The van der Waals surface area contributed by atoms with E-state index in [-0.39, 0.29) is 35.8 Å². The fourth-order valence-corrected chi connectivity index (χ4v) is 2.02. The second-order valence-electron chi connectivity index (χ2n) is 6.15.